The Bertz CT molecular complexity index is 667. The first-order valence-corrected chi connectivity index (χ1v) is 9.49. The first-order chi connectivity index (χ1) is 10.8. The third-order valence-corrected chi connectivity index (χ3v) is 5.37. The number of halogens is 1. The zero-order valence-corrected chi connectivity index (χ0v) is 15.1. The van der Waals surface area contributed by atoms with E-state index in [-0.39, 0.29) is 0 Å². The molecule has 0 atom stereocenters. The maximum atomic E-state index is 3.53. The Morgan fingerprint density at radius 1 is 1.14 bits per heavy atom. The minimum atomic E-state index is 1.07. The van der Waals surface area contributed by atoms with Crippen molar-refractivity contribution in [2.75, 3.05) is 16.8 Å². The largest absolute Gasteiger partial charge is 0.335 e. The van der Waals surface area contributed by atoms with Gasteiger partial charge < -0.3 is 4.90 Å². The molecule has 0 spiro atoms. The fraction of sp³-hybridized carbons (Fsp3) is 0.278. The highest BCUT2D eigenvalue weighted by Gasteiger charge is 2.24. The molecule has 22 heavy (non-hydrogen) atoms. The molecule has 0 fully saturated rings. The first kappa shape index (κ1) is 15.6. The van der Waals surface area contributed by atoms with Crippen LogP contribution in [-0.2, 0) is 7.05 Å². The van der Waals surface area contributed by atoms with Crippen LogP contribution in [-0.4, -0.2) is 11.9 Å². The van der Waals surface area contributed by atoms with Gasteiger partial charge in [0.05, 0.1) is 10.7 Å². The number of anilines is 1. The molecule has 0 amide bonds. The summed E-state index contributed by atoms with van der Waals surface area (Å²) in [6, 6.07) is 13.0. The van der Waals surface area contributed by atoms with Crippen molar-refractivity contribution in [3.05, 3.63) is 59.4 Å². The second-order valence-electron chi connectivity index (χ2n) is 5.40. The van der Waals surface area contributed by atoms with Crippen molar-refractivity contribution in [2.24, 2.45) is 7.05 Å². The number of benzene rings is 1. The Kier molecular flexibility index (Phi) is 5.21. The van der Waals surface area contributed by atoms with Crippen molar-refractivity contribution in [1.29, 1.82) is 0 Å². The second-order valence-corrected chi connectivity index (χ2v) is 7.25. The molecular weight excluding hydrogens is 356 g/mol. The lowest BCUT2D eigenvalue weighted by Gasteiger charge is -2.20. The number of hydrogen-bond acceptors (Lipinski definition) is 2. The molecule has 114 valence electrons. The molecule has 0 bridgehead atoms. The lowest BCUT2D eigenvalue weighted by molar-refractivity contribution is -0.671. The van der Waals surface area contributed by atoms with E-state index >= 15 is 0 Å². The molecule has 0 aliphatic carbocycles. The SMILES string of the molecule is C[n+]1ccc(C=C2Sc3ccccc3N2CCCCBr)cc1. The average molecular weight is 376 g/mol. The molecule has 0 saturated heterocycles. The van der Waals surface area contributed by atoms with Crippen LogP contribution in [0.5, 0.6) is 0 Å². The molecule has 0 saturated carbocycles. The van der Waals surface area contributed by atoms with Gasteiger partial charge in [-0.15, -0.1) is 0 Å². The topological polar surface area (TPSA) is 7.12 Å². The third kappa shape index (κ3) is 3.55. The van der Waals surface area contributed by atoms with E-state index in [0.29, 0.717) is 0 Å². The molecule has 0 N–H and O–H groups in total. The molecule has 1 aliphatic heterocycles. The highest BCUT2D eigenvalue weighted by atomic mass is 79.9. The van der Waals surface area contributed by atoms with Crippen LogP contribution in [0.4, 0.5) is 5.69 Å². The van der Waals surface area contributed by atoms with Crippen LogP contribution in [0.1, 0.15) is 18.4 Å². The summed E-state index contributed by atoms with van der Waals surface area (Å²) in [7, 11) is 2.05. The first-order valence-electron chi connectivity index (χ1n) is 7.55. The maximum Gasteiger partial charge on any atom is 0.169 e. The number of para-hydroxylation sites is 1. The highest BCUT2D eigenvalue weighted by Crippen LogP contribution is 2.46. The van der Waals surface area contributed by atoms with E-state index < -0.39 is 0 Å². The van der Waals surface area contributed by atoms with Gasteiger partial charge in [-0.05, 0) is 36.6 Å². The molecule has 0 radical (unpaired) electrons. The number of fused-ring (bicyclic) bond motifs is 1. The van der Waals surface area contributed by atoms with Crippen molar-refractivity contribution in [3.63, 3.8) is 0 Å². The Balaban J connectivity index is 1.87. The van der Waals surface area contributed by atoms with Crippen molar-refractivity contribution in [3.8, 4) is 0 Å². The van der Waals surface area contributed by atoms with E-state index in [1.807, 2.05) is 18.8 Å². The van der Waals surface area contributed by atoms with Crippen molar-refractivity contribution in [2.45, 2.75) is 17.7 Å². The summed E-state index contributed by atoms with van der Waals surface area (Å²) in [5, 5.41) is 2.40. The summed E-state index contributed by atoms with van der Waals surface area (Å²) in [5.74, 6) is 0. The van der Waals surface area contributed by atoms with Crippen molar-refractivity contribution < 1.29 is 4.57 Å². The number of aromatic nitrogens is 1. The smallest absolute Gasteiger partial charge is 0.169 e. The summed E-state index contributed by atoms with van der Waals surface area (Å²) in [6.45, 7) is 1.07. The van der Waals surface area contributed by atoms with E-state index in [1.54, 1.807) is 0 Å². The van der Waals surface area contributed by atoms with E-state index in [0.717, 1.165) is 11.9 Å². The number of hydrogen-bond donors (Lipinski definition) is 0. The number of thioether (sulfide) groups is 1. The zero-order valence-electron chi connectivity index (χ0n) is 12.7. The Labute approximate surface area is 145 Å². The van der Waals surface area contributed by atoms with Gasteiger partial charge in [-0.1, -0.05) is 39.8 Å². The molecular formula is C18H20BrN2S+. The number of nitrogens with zero attached hydrogens (tertiary/aromatic N) is 2. The summed E-state index contributed by atoms with van der Waals surface area (Å²) in [5.41, 5.74) is 2.59. The van der Waals surface area contributed by atoms with Gasteiger partial charge >= 0.3 is 0 Å². The number of alkyl halides is 1. The predicted molar refractivity (Wildman–Crippen MR) is 98.3 cm³/mol. The minimum absolute atomic E-state index is 1.07. The van der Waals surface area contributed by atoms with Crippen LogP contribution in [0.25, 0.3) is 6.08 Å². The lowest BCUT2D eigenvalue weighted by Crippen LogP contribution is -2.25. The van der Waals surface area contributed by atoms with E-state index in [9.17, 15) is 0 Å². The van der Waals surface area contributed by atoms with Gasteiger partial charge in [0.25, 0.3) is 0 Å². The molecule has 2 nitrogen and oxygen atoms in total. The molecule has 1 aromatic heterocycles. The Hall–Kier alpha value is -1.26. The standard InChI is InChI=1S/C18H20BrN2S/c1-20-12-8-15(9-13-20)14-18-21(11-5-4-10-19)16-6-2-3-7-17(16)22-18/h2-3,6-9,12-14H,4-5,10-11H2,1H3/q+1. The number of rotatable bonds is 5. The number of pyridine rings is 1. The van der Waals surface area contributed by atoms with Gasteiger partial charge in [-0.2, -0.15) is 0 Å². The number of aryl methyl sites for hydroxylation is 1. The van der Waals surface area contributed by atoms with E-state index in [1.165, 1.54) is 34.0 Å². The van der Waals surface area contributed by atoms with Crippen LogP contribution in [0.2, 0.25) is 0 Å². The highest BCUT2D eigenvalue weighted by molar-refractivity contribution is 9.09. The quantitative estimate of drug-likeness (QED) is 0.428. The molecule has 1 aromatic carbocycles. The van der Waals surface area contributed by atoms with E-state index in [2.05, 4.69) is 80.3 Å². The van der Waals surface area contributed by atoms with Gasteiger partial charge in [0.15, 0.2) is 12.4 Å². The van der Waals surface area contributed by atoms with Gasteiger partial charge in [-0.3, -0.25) is 0 Å². The van der Waals surface area contributed by atoms with Crippen LogP contribution < -0.4 is 9.47 Å². The summed E-state index contributed by atoms with van der Waals surface area (Å²) in [6.07, 6.45) is 8.88. The monoisotopic (exact) mass is 375 g/mol. The van der Waals surface area contributed by atoms with Crippen molar-refractivity contribution in [1.82, 2.24) is 0 Å². The van der Waals surface area contributed by atoms with E-state index in [4.69, 9.17) is 0 Å². The predicted octanol–water partition coefficient (Wildman–Crippen LogP) is 4.60. The molecule has 4 heteroatoms. The normalized spacial score (nSPS) is 15.4. The molecule has 0 unspecified atom stereocenters. The van der Waals surface area contributed by atoms with Gasteiger partial charge in [0, 0.05) is 28.9 Å². The minimum Gasteiger partial charge on any atom is -0.335 e. The van der Waals surface area contributed by atoms with Crippen LogP contribution in [0, 0.1) is 0 Å². The fourth-order valence-electron chi connectivity index (χ4n) is 2.51. The summed E-state index contributed by atoms with van der Waals surface area (Å²) < 4.78 is 2.06. The zero-order chi connectivity index (χ0) is 15.4. The van der Waals surface area contributed by atoms with Crippen LogP contribution in [0.3, 0.4) is 0 Å². The summed E-state index contributed by atoms with van der Waals surface area (Å²) in [4.78, 5) is 3.81. The average Bonchev–Trinajstić information content (AvgIpc) is 2.88. The van der Waals surface area contributed by atoms with Crippen LogP contribution >= 0.6 is 27.7 Å². The second kappa shape index (κ2) is 7.34. The Morgan fingerprint density at radius 3 is 2.68 bits per heavy atom. The molecule has 2 heterocycles. The number of unbranched alkanes of at least 4 members (excludes halogenated alkanes) is 1. The third-order valence-electron chi connectivity index (χ3n) is 3.70. The van der Waals surface area contributed by atoms with Gasteiger partial charge in [0.1, 0.15) is 7.05 Å². The fourth-order valence-corrected chi connectivity index (χ4v) is 4.05. The molecule has 1 aliphatic rings. The lowest BCUT2D eigenvalue weighted by atomic mass is 10.2. The summed E-state index contributed by atoms with van der Waals surface area (Å²) >= 11 is 5.40. The maximum absolute atomic E-state index is 3.53. The van der Waals surface area contributed by atoms with Crippen LogP contribution in [0.15, 0.2) is 58.7 Å². The molecule has 2 aromatic rings. The van der Waals surface area contributed by atoms with Crippen molar-refractivity contribution >= 4 is 39.5 Å². The molecule has 3 rings (SSSR count). The van der Waals surface area contributed by atoms with Gasteiger partial charge in [-0.25, -0.2) is 4.57 Å². The van der Waals surface area contributed by atoms with Gasteiger partial charge in [0.2, 0.25) is 0 Å². The Morgan fingerprint density at radius 2 is 1.91 bits per heavy atom.